The van der Waals surface area contributed by atoms with Crippen molar-refractivity contribution < 1.29 is 0 Å². The number of hydrogen-bond donors (Lipinski definition) is 1. The average molecular weight is 252 g/mol. The van der Waals surface area contributed by atoms with Gasteiger partial charge in [0.15, 0.2) is 0 Å². The van der Waals surface area contributed by atoms with Gasteiger partial charge >= 0.3 is 0 Å². The molecule has 16 heavy (non-hydrogen) atoms. The predicted octanol–water partition coefficient (Wildman–Crippen LogP) is 3.49. The highest BCUT2D eigenvalue weighted by Gasteiger charge is 2.21. The van der Waals surface area contributed by atoms with Gasteiger partial charge < -0.3 is 0 Å². The molecule has 1 aromatic rings. The molecule has 1 heterocycles. The monoisotopic (exact) mass is 251 g/mol. The van der Waals surface area contributed by atoms with Gasteiger partial charge in [-0.3, -0.25) is 5.32 Å². The number of rotatable bonds is 2. The third kappa shape index (κ3) is 2.55. The Balaban J connectivity index is 2.25. The molecule has 2 atom stereocenters. The van der Waals surface area contributed by atoms with Crippen LogP contribution in [0.25, 0.3) is 0 Å². The Morgan fingerprint density at radius 1 is 1.62 bits per heavy atom. The molecule has 3 heteroatoms. The molecule has 1 aliphatic heterocycles. The summed E-state index contributed by atoms with van der Waals surface area (Å²) in [5.74, 6) is 3.84. The molecule has 0 aliphatic carbocycles. The molecule has 1 nitrogen and oxygen atoms in total. The molecule has 2 unspecified atom stereocenters. The topological polar surface area (TPSA) is 12.0 Å². The summed E-state index contributed by atoms with van der Waals surface area (Å²) in [6.07, 6.45) is 6.50. The van der Waals surface area contributed by atoms with E-state index in [4.69, 9.17) is 18.0 Å². The minimum atomic E-state index is 0.0972. The van der Waals surface area contributed by atoms with Crippen LogP contribution in [0.3, 0.4) is 0 Å². The molecule has 0 radical (unpaired) electrons. The lowest BCUT2D eigenvalue weighted by atomic mass is 10.0. The minimum absolute atomic E-state index is 0.0972. The molecular weight excluding hydrogens is 238 g/mol. The Morgan fingerprint density at radius 2 is 2.44 bits per heavy atom. The average Bonchev–Trinajstić information content (AvgIpc) is 2.29. The number of thioether (sulfide) groups is 1. The van der Waals surface area contributed by atoms with Crippen molar-refractivity contribution in [3.8, 4) is 12.3 Å². The summed E-state index contributed by atoms with van der Waals surface area (Å²) in [6, 6.07) is 6.52. The smallest absolute Gasteiger partial charge is 0.0663 e. The quantitative estimate of drug-likeness (QED) is 0.808. The zero-order valence-corrected chi connectivity index (χ0v) is 10.7. The largest absolute Gasteiger partial charge is 0.297 e. The van der Waals surface area contributed by atoms with Crippen molar-refractivity contribution in [3.05, 3.63) is 28.8 Å². The van der Waals surface area contributed by atoms with Crippen LogP contribution in [0.1, 0.15) is 24.9 Å². The van der Waals surface area contributed by atoms with Gasteiger partial charge in [0.25, 0.3) is 0 Å². The summed E-state index contributed by atoms with van der Waals surface area (Å²) in [7, 11) is 0. The van der Waals surface area contributed by atoms with Crippen LogP contribution >= 0.6 is 23.4 Å². The molecule has 84 valence electrons. The molecule has 1 aromatic carbocycles. The van der Waals surface area contributed by atoms with Crippen molar-refractivity contribution in [2.45, 2.75) is 30.3 Å². The first-order valence-corrected chi connectivity index (χ1v) is 6.71. The molecule has 0 aromatic heterocycles. The van der Waals surface area contributed by atoms with Crippen molar-refractivity contribution in [2.75, 3.05) is 5.75 Å². The van der Waals surface area contributed by atoms with Gasteiger partial charge in [0.05, 0.1) is 6.04 Å². The molecule has 0 saturated heterocycles. The fourth-order valence-corrected chi connectivity index (χ4v) is 3.17. The fourth-order valence-electron chi connectivity index (χ4n) is 1.89. The van der Waals surface area contributed by atoms with Gasteiger partial charge in [-0.1, -0.05) is 17.5 Å². The third-order valence-corrected chi connectivity index (χ3v) is 4.07. The van der Waals surface area contributed by atoms with E-state index >= 15 is 0 Å². The lowest BCUT2D eigenvalue weighted by Crippen LogP contribution is -2.31. The summed E-state index contributed by atoms with van der Waals surface area (Å²) >= 11 is 7.92. The number of hydrogen-bond acceptors (Lipinski definition) is 2. The maximum atomic E-state index is 6.04. The maximum absolute atomic E-state index is 6.04. The van der Waals surface area contributed by atoms with E-state index in [2.05, 4.69) is 17.3 Å². The standard InChI is InChI=1S/C13H14ClNS/c1-3-9(2)15-12-6-7-16-13-5-4-10(14)8-11(12)13/h1,4-5,8-9,12,15H,6-7H2,2H3. The van der Waals surface area contributed by atoms with Gasteiger partial charge in [-0.2, -0.15) is 0 Å². The first-order chi connectivity index (χ1) is 7.70. The zero-order valence-electron chi connectivity index (χ0n) is 9.16. The number of terminal acetylenes is 1. The second-order valence-electron chi connectivity index (χ2n) is 3.93. The van der Waals surface area contributed by atoms with E-state index in [9.17, 15) is 0 Å². The molecule has 1 aliphatic rings. The molecule has 0 spiro atoms. The first-order valence-electron chi connectivity index (χ1n) is 5.35. The van der Waals surface area contributed by atoms with Gasteiger partial charge in [0.1, 0.15) is 0 Å². The molecular formula is C13H14ClNS. The number of fused-ring (bicyclic) bond motifs is 1. The van der Waals surface area contributed by atoms with E-state index in [1.807, 2.05) is 30.8 Å². The van der Waals surface area contributed by atoms with Crippen LogP contribution in [-0.2, 0) is 0 Å². The number of benzene rings is 1. The first kappa shape index (κ1) is 11.9. The second-order valence-corrected chi connectivity index (χ2v) is 5.50. The Kier molecular flexibility index (Phi) is 3.81. The minimum Gasteiger partial charge on any atom is -0.297 e. The SMILES string of the molecule is C#CC(C)NC1CCSc2ccc(Cl)cc21. The van der Waals surface area contributed by atoms with E-state index in [0.29, 0.717) is 6.04 Å². The van der Waals surface area contributed by atoms with Gasteiger partial charge in [-0.05, 0) is 42.9 Å². The van der Waals surface area contributed by atoms with E-state index < -0.39 is 0 Å². The Morgan fingerprint density at radius 3 is 3.19 bits per heavy atom. The van der Waals surface area contributed by atoms with E-state index in [-0.39, 0.29) is 6.04 Å². The van der Waals surface area contributed by atoms with Crippen LogP contribution < -0.4 is 5.32 Å². The zero-order chi connectivity index (χ0) is 11.5. The summed E-state index contributed by atoms with van der Waals surface area (Å²) in [6.45, 7) is 2.01. The fraction of sp³-hybridized carbons (Fsp3) is 0.385. The molecule has 0 amide bonds. The van der Waals surface area contributed by atoms with Gasteiger partial charge in [-0.15, -0.1) is 18.2 Å². The molecule has 2 rings (SSSR count). The van der Waals surface area contributed by atoms with Crippen LogP contribution in [-0.4, -0.2) is 11.8 Å². The van der Waals surface area contributed by atoms with Crippen molar-refractivity contribution in [3.63, 3.8) is 0 Å². The van der Waals surface area contributed by atoms with Crippen LogP contribution in [0, 0.1) is 12.3 Å². The van der Waals surface area contributed by atoms with Crippen LogP contribution in [0.5, 0.6) is 0 Å². The highest BCUT2D eigenvalue weighted by atomic mass is 35.5. The van der Waals surface area contributed by atoms with Crippen molar-refractivity contribution >= 4 is 23.4 Å². The summed E-state index contributed by atoms with van der Waals surface area (Å²) in [5, 5.41) is 4.24. The van der Waals surface area contributed by atoms with Gasteiger partial charge in [0.2, 0.25) is 0 Å². The van der Waals surface area contributed by atoms with Crippen molar-refractivity contribution in [1.82, 2.24) is 5.32 Å². The lowest BCUT2D eigenvalue weighted by molar-refractivity contribution is 0.490. The number of halogens is 1. The third-order valence-electron chi connectivity index (χ3n) is 2.71. The van der Waals surface area contributed by atoms with E-state index in [1.165, 1.54) is 10.5 Å². The summed E-state index contributed by atoms with van der Waals surface area (Å²) in [4.78, 5) is 1.32. The normalized spacial score (nSPS) is 20.9. The van der Waals surface area contributed by atoms with Crippen LogP contribution in [0.4, 0.5) is 0 Å². The molecule has 1 N–H and O–H groups in total. The summed E-state index contributed by atoms with van der Waals surface area (Å²) in [5.41, 5.74) is 1.28. The highest BCUT2D eigenvalue weighted by Crippen LogP contribution is 2.37. The molecule has 0 bridgehead atoms. The Labute approximate surface area is 106 Å². The van der Waals surface area contributed by atoms with Crippen LogP contribution in [0.15, 0.2) is 23.1 Å². The maximum Gasteiger partial charge on any atom is 0.0663 e. The summed E-state index contributed by atoms with van der Waals surface area (Å²) < 4.78 is 0. The lowest BCUT2D eigenvalue weighted by Gasteiger charge is -2.27. The Hall–Kier alpha value is -0.620. The Bertz CT molecular complexity index is 424. The van der Waals surface area contributed by atoms with Gasteiger partial charge in [-0.25, -0.2) is 0 Å². The van der Waals surface area contributed by atoms with Crippen molar-refractivity contribution in [1.29, 1.82) is 0 Å². The highest BCUT2D eigenvalue weighted by molar-refractivity contribution is 7.99. The molecule has 0 fully saturated rings. The van der Waals surface area contributed by atoms with E-state index in [0.717, 1.165) is 17.2 Å². The number of nitrogens with one attached hydrogen (secondary N) is 1. The van der Waals surface area contributed by atoms with Crippen molar-refractivity contribution in [2.24, 2.45) is 0 Å². The predicted molar refractivity (Wildman–Crippen MR) is 71.0 cm³/mol. The van der Waals surface area contributed by atoms with Crippen LogP contribution in [0.2, 0.25) is 5.02 Å². The van der Waals surface area contributed by atoms with Gasteiger partial charge in [0, 0.05) is 16.0 Å². The van der Waals surface area contributed by atoms with E-state index in [1.54, 1.807) is 0 Å². The second kappa shape index (κ2) is 5.14. The molecule has 0 saturated carbocycles.